The normalized spacial score (nSPS) is 18.5. The molecule has 0 aromatic carbocycles. The highest BCUT2D eigenvalue weighted by Gasteiger charge is 2.31. The molecule has 3 heterocycles. The molecule has 2 aromatic heterocycles. The molecule has 2 N–H and O–H groups in total. The Kier molecular flexibility index (Phi) is 7.55. The topological polar surface area (TPSA) is 68.7 Å². The molecule has 8 heteroatoms. The minimum Gasteiger partial charge on any atom is -0.483 e. The van der Waals surface area contributed by atoms with E-state index in [1.54, 1.807) is 10.4 Å². The molecule has 6 nitrogen and oxygen atoms in total. The molecule has 2 aromatic rings. The fraction of sp³-hybridized carbons (Fsp3) is 0.636. The smallest absolute Gasteiger partial charge is 0.290 e. The molecule has 166 valence electrons. The van der Waals surface area contributed by atoms with Gasteiger partial charge in [0.1, 0.15) is 0 Å². The van der Waals surface area contributed by atoms with Crippen LogP contribution in [0, 0.1) is 12.3 Å². The number of carboxylic acid groups (broad SMARTS) is 1. The van der Waals surface area contributed by atoms with Crippen molar-refractivity contribution in [3.05, 3.63) is 21.7 Å². The Bertz CT molecular complexity index is 867. The van der Waals surface area contributed by atoms with E-state index < -0.39 is 0 Å². The van der Waals surface area contributed by atoms with Crippen LogP contribution in [-0.4, -0.2) is 61.7 Å². The van der Waals surface area contributed by atoms with E-state index in [1.165, 1.54) is 45.4 Å². The summed E-state index contributed by atoms with van der Waals surface area (Å²) in [6, 6.07) is 0. The van der Waals surface area contributed by atoms with E-state index in [0.717, 1.165) is 32.7 Å². The Morgan fingerprint density at radius 3 is 2.50 bits per heavy atom. The van der Waals surface area contributed by atoms with Crippen LogP contribution in [0.2, 0.25) is 0 Å². The van der Waals surface area contributed by atoms with Crippen molar-refractivity contribution >= 4 is 34.3 Å². The number of thiazole rings is 1. The van der Waals surface area contributed by atoms with Crippen molar-refractivity contribution in [1.82, 2.24) is 15.2 Å². The molecule has 0 bridgehead atoms. The molecule has 0 spiro atoms. The van der Waals surface area contributed by atoms with Gasteiger partial charge in [0, 0.05) is 42.5 Å². The molecule has 2 aliphatic rings. The number of carbonyl (C=O) groups is 1. The number of aryl methyl sites for hydroxylation is 1. The lowest BCUT2D eigenvalue weighted by Crippen LogP contribution is -2.44. The third-order valence-electron chi connectivity index (χ3n) is 6.05. The number of nitrogens with one attached hydrogen (secondary N) is 1. The van der Waals surface area contributed by atoms with Crippen molar-refractivity contribution in [1.29, 1.82) is 0 Å². The number of likely N-dealkylation sites (N-methyl/N-ethyl adjacent to an activating group) is 1. The second-order valence-corrected chi connectivity index (χ2v) is 11.1. The second-order valence-electron chi connectivity index (χ2n) is 9.00. The van der Waals surface area contributed by atoms with Crippen LogP contribution in [0.3, 0.4) is 0 Å². The first-order valence-electron chi connectivity index (χ1n) is 10.6. The monoisotopic (exact) mass is 450 g/mol. The molecular formula is C22H34N4O2S2. The van der Waals surface area contributed by atoms with Crippen LogP contribution in [0.25, 0.3) is 9.75 Å². The zero-order valence-electron chi connectivity index (χ0n) is 18.7. The molecule has 4 rings (SSSR count). The van der Waals surface area contributed by atoms with Gasteiger partial charge in [0.2, 0.25) is 0 Å². The third kappa shape index (κ3) is 5.04. The first-order valence-corrected chi connectivity index (χ1v) is 12.2. The van der Waals surface area contributed by atoms with Gasteiger partial charge in [-0.1, -0.05) is 25.2 Å². The lowest BCUT2D eigenvalue weighted by atomic mass is 9.76. The van der Waals surface area contributed by atoms with Gasteiger partial charge in [-0.25, -0.2) is 4.98 Å². The minimum absolute atomic E-state index is 0.250. The van der Waals surface area contributed by atoms with E-state index in [1.807, 2.05) is 29.7 Å². The first-order chi connectivity index (χ1) is 14.3. The number of anilines is 1. The Balaban J connectivity index is 0.000000806. The highest BCUT2D eigenvalue weighted by molar-refractivity contribution is 7.24. The zero-order chi connectivity index (χ0) is 21.9. The minimum atomic E-state index is -0.250. The van der Waals surface area contributed by atoms with Gasteiger partial charge in [-0.3, -0.25) is 4.79 Å². The summed E-state index contributed by atoms with van der Waals surface area (Å²) in [5, 5.41) is 11.4. The molecule has 1 aliphatic carbocycles. The van der Waals surface area contributed by atoms with Gasteiger partial charge < -0.3 is 20.2 Å². The van der Waals surface area contributed by atoms with Gasteiger partial charge in [-0.2, -0.15) is 0 Å². The molecule has 30 heavy (non-hydrogen) atoms. The first kappa shape index (κ1) is 23.2. The summed E-state index contributed by atoms with van der Waals surface area (Å²) in [6.45, 7) is 12.2. The summed E-state index contributed by atoms with van der Waals surface area (Å²) in [7, 11) is 4.23. The molecular weight excluding hydrogens is 416 g/mol. The Hall–Kier alpha value is -1.48. The Morgan fingerprint density at radius 2 is 1.87 bits per heavy atom. The van der Waals surface area contributed by atoms with Gasteiger partial charge in [-0.05, 0) is 56.8 Å². The van der Waals surface area contributed by atoms with E-state index in [-0.39, 0.29) is 6.47 Å². The summed E-state index contributed by atoms with van der Waals surface area (Å²) in [6.07, 6.45) is 3.76. The lowest BCUT2D eigenvalue weighted by Gasteiger charge is -2.32. The number of rotatable bonds is 4. The summed E-state index contributed by atoms with van der Waals surface area (Å²) < 4.78 is 0. The third-order valence-corrected chi connectivity index (χ3v) is 8.77. The summed E-state index contributed by atoms with van der Waals surface area (Å²) in [5.41, 5.74) is 4.78. The van der Waals surface area contributed by atoms with Gasteiger partial charge in [-0.15, -0.1) is 11.3 Å². The predicted octanol–water partition coefficient (Wildman–Crippen LogP) is 3.87. The Labute approximate surface area is 187 Å². The molecule has 1 fully saturated rings. The van der Waals surface area contributed by atoms with Crippen LogP contribution in [0.5, 0.6) is 0 Å². The van der Waals surface area contributed by atoms with Gasteiger partial charge in [0.15, 0.2) is 5.13 Å². The van der Waals surface area contributed by atoms with E-state index in [0.29, 0.717) is 5.41 Å². The molecule has 1 aliphatic heterocycles. The molecule has 0 radical (unpaired) electrons. The van der Waals surface area contributed by atoms with Gasteiger partial charge >= 0.3 is 0 Å². The number of nitrogens with zero attached hydrogens (tertiary/aromatic N) is 3. The van der Waals surface area contributed by atoms with E-state index in [9.17, 15) is 0 Å². The second kappa shape index (κ2) is 9.77. The van der Waals surface area contributed by atoms with Crippen molar-refractivity contribution < 1.29 is 9.90 Å². The average molecular weight is 451 g/mol. The summed E-state index contributed by atoms with van der Waals surface area (Å²) >= 11 is 3.94. The SMILES string of the molecule is CNCc1nc(N2CCN(C)CC2)sc1-c1sc2c(c1C)CC(C)(C)CC2.O=CO. The van der Waals surface area contributed by atoms with Crippen molar-refractivity contribution in [3.8, 4) is 9.75 Å². The van der Waals surface area contributed by atoms with Crippen LogP contribution in [0.4, 0.5) is 5.13 Å². The highest BCUT2D eigenvalue weighted by Crippen LogP contribution is 2.47. The highest BCUT2D eigenvalue weighted by atomic mass is 32.1. The standard InChI is InChI=1S/C21H32N4S2.CH2O2/c1-14-15-12-21(2,3)7-6-17(15)26-18(14)19-16(13-22-4)23-20(27-19)25-10-8-24(5)9-11-25;2-1-3/h22H,6-13H2,1-5H3;1H,(H,2,3). The van der Waals surface area contributed by atoms with Crippen LogP contribution in [0.15, 0.2) is 0 Å². The number of hydrogen-bond acceptors (Lipinski definition) is 7. The van der Waals surface area contributed by atoms with Crippen molar-refractivity contribution in [2.75, 3.05) is 45.2 Å². The van der Waals surface area contributed by atoms with Crippen LogP contribution >= 0.6 is 22.7 Å². The van der Waals surface area contributed by atoms with Crippen LogP contribution in [-0.2, 0) is 24.2 Å². The van der Waals surface area contributed by atoms with Crippen molar-refractivity contribution in [2.45, 2.75) is 46.6 Å². The molecule has 1 saturated heterocycles. The van der Waals surface area contributed by atoms with E-state index >= 15 is 0 Å². The largest absolute Gasteiger partial charge is 0.483 e. The van der Waals surface area contributed by atoms with Crippen LogP contribution < -0.4 is 10.2 Å². The van der Waals surface area contributed by atoms with Crippen LogP contribution in [0.1, 0.15) is 42.0 Å². The molecule has 0 atom stereocenters. The summed E-state index contributed by atoms with van der Waals surface area (Å²) in [4.78, 5) is 22.8. The van der Waals surface area contributed by atoms with Crippen molar-refractivity contribution in [2.24, 2.45) is 5.41 Å². The maximum absolute atomic E-state index is 8.36. The average Bonchev–Trinajstić information content (AvgIpc) is 3.24. The van der Waals surface area contributed by atoms with Gasteiger partial charge in [0.05, 0.1) is 10.6 Å². The number of thiophene rings is 1. The molecule has 0 amide bonds. The lowest BCUT2D eigenvalue weighted by molar-refractivity contribution is -0.122. The van der Waals surface area contributed by atoms with E-state index in [2.05, 4.69) is 42.9 Å². The quantitative estimate of drug-likeness (QED) is 0.690. The number of fused-ring (bicyclic) bond motifs is 1. The molecule has 0 unspecified atom stereocenters. The maximum Gasteiger partial charge on any atom is 0.290 e. The maximum atomic E-state index is 8.36. The fourth-order valence-electron chi connectivity index (χ4n) is 4.21. The Morgan fingerprint density at radius 1 is 1.20 bits per heavy atom. The fourth-order valence-corrected chi connectivity index (χ4v) is 6.88. The number of piperazine rings is 1. The molecule has 0 saturated carbocycles. The van der Waals surface area contributed by atoms with Crippen molar-refractivity contribution in [3.63, 3.8) is 0 Å². The summed E-state index contributed by atoms with van der Waals surface area (Å²) in [5.74, 6) is 0. The van der Waals surface area contributed by atoms with Gasteiger partial charge in [0.25, 0.3) is 6.47 Å². The number of aromatic nitrogens is 1. The zero-order valence-corrected chi connectivity index (χ0v) is 20.4. The van der Waals surface area contributed by atoms with E-state index in [4.69, 9.17) is 14.9 Å². The number of hydrogen-bond donors (Lipinski definition) is 2. The predicted molar refractivity (Wildman–Crippen MR) is 127 cm³/mol.